The van der Waals surface area contributed by atoms with Crippen molar-refractivity contribution in [2.45, 2.75) is 32.5 Å². The van der Waals surface area contributed by atoms with Crippen LogP contribution in [0.1, 0.15) is 31.1 Å². The van der Waals surface area contributed by atoms with E-state index in [-0.39, 0.29) is 11.6 Å². The average Bonchev–Trinajstić information content (AvgIpc) is 2.80. The van der Waals surface area contributed by atoms with Gasteiger partial charge in [0.25, 0.3) is 0 Å². The summed E-state index contributed by atoms with van der Waals surface area (Å²) >= 11 is 2.52. The minimum Gasteiger partial charge on any atom is -0.369 e. The second-order valence-electron chi connectivity index (χ2n) is 5.69. The van der Waals surface area contributed by atoms with Gasteiger partial charge in [0.1, 0.15) is 5.82 Å². The number of hydrogen-bond donors (Lipinski definition) is 1. The Morgan fingerprint density at radius 3 is 2.30 bits per heavy atom. The smallest absolute Gasteiger partial charge is 0.369 e. The SMILES string of the molecule is Cc1nnc2n1-c1c(c(F)c(F)c(Br)c1C(F)(F)F)NC2(C)C. The van der Waals surface area contributed by atoms with Crippen LogP contribution in [0.25, 0.3) is 5.69 Å². The number of hydrogen-bond acceptors (Lipinski definition) is 3. The van der Waals surface area contributed by atoms with Crippen LogP contribution in [0.15, 0.2) is 4.47 Å². The lowest BCUT2D eigenvalue weighted by atomic mass is 9.97. The highest BCUT2D eigenvalue weighted by atomic mass is 79.9. The molecule has 0 amide bonds. The molecule has 0 fully saturated rings. The van der Waals surface area contributed by atoms with E-state index in [9.17, 15) is 22.0 Å². The van der Waals surface area contributed by atoms with Crippen LogP contribution in [0.3, 0.4) is 0 Å². The Bertz CT molecular complexity index is 825. The minimum atomic E-state index is -4.91. The molecule has 0 radical (unpaired) electrons. The number of anilines is 1. The molecule has 0 bridgehead atoms. The van der Waals surface area contributed by atoms with E-state index < -0.39 is 44.8 Å². The highest BCUT2D eigenvalue weighted by molar-refractivity contribution is 9.10. The van der Waals surface area contributed by atoms with Gasteiger partial charge in [-0.05, 0) is 36.7 Å². The Hall–Kier alpha value is -1.71. The van der Waals surface area contributed by atoms with E-state index in [2.05, 4.69) is 31.4 Å². The fourth-order valence-corrected chi connectivity index (χ4v) is 3.23. The molecule has 2 aromatic rings. The Balaban J connectivity index is 2.53. The third kappa shape index (κ3) is 2.14. The maximum atomic E-state index is 14.3. The minimum absolute atomic E-state index is 0.138. The maximum Gasteiger partial charge on any atom is 0.419 e. The lowest BCUT2D eigenvalue weighted by Gasteiger charge is -2.35. The summed E-state index contributed by atoms with van der Waals surface area (Å²) in [6.07, 6.45) is -4.91. The molecule has 0 aliphatic carbocycles. The molecule has 0 atom stereocenters. The average molecular weight is 397 g/mol. The van der Waals surface area contributed by atoms with Crippen LogP contribution in [0.4, 0.5) is 27.6 Å². The summed E-state index contributed by atoms with van der Waals surface area (Å²) in [6, 6.07) is 0. The molecule has 124 valence electrons. The van der Waals surface area contributed by atoms with Crippen molar-refractivity contribution >= 4 is 21.6 Å². The Kier molecular flexibility index (Phi) is 3.27. The zero-order chi connectivity index (χ0) is 17.3. The van der Waals surface area contributed by atoms with E-state index in [0.29, 0.717) is 0 Å². The quantitative estimate of drug-likeness (QED) is 0.533. The molecule has 10 heteroatoms. The number of nitrogens with one attached hydrogen (secondary N) is 1. The van der Waals surface area contributed by atoms with Gasteiger partial charge in [0, 0.05) is 0 Å². The summed E-state index contributed by atoms with van der Waals surface area (Å²) in [6.45, 7) is 4.61. The first-order valence-corrected chi connectivity index (χ1v) is 7.24. The van der Waals surface area contributed by atoms with Gasteiger partial charge in [-0.1, -0.05) is 0 Å². The van der Waals surface area contributed by atoms with Crippen molar-refractivity contribution in [3.05, 3.63) is 33.3 Å². The zero-order valence-corrected chi connectivity index (χ0v) is 13.7. The van der Waals surface area contributed by atoms with E-state index >= 15 is 0 Å². The highest BCUT2D eigenvalue weighted by Crippen LogP contribution is 2.49. The lowest BCUT2D eigenvalue weighted by molar-refractivity contribution is -0.138. The largest absolute Gasteiger partial charge is 0.419 e. The first-order chi connectivity index (χ1) is 10.5. The van der Waals surface area contributed by atoms with Crippen molar-refractivity contribution < 1.29 is 22.0 Å². The Morgan fingerprint density at radius 2 is 1.74 bits per heavy atom. The fourth-order valence-electron chi connectivity index (χ4n) is 2.65. The molecule has 23 heavy (non-hydrogen) atoms. The third-order valence-electron chi connectivity index (χ3n) is 3.63. The van der Waals surface area contributed by atoms with Crippen molar-refractivity contribution in [2.75, 3.05) is 5.32 Å². The van der Waals surface area contributed by atoms with Gasteiger partial charge in [0.15, 0.2) is 17.5 Å². The topological polar surface area (TPSA) is 42.7 Å². The third-order valence-corrected chi connectivity index (χ3v) is 4.37. The van der Waals surface area contributed by atoms with Crippen LogP contribution >= 0.6 is 15.9 Å². The van der Waals surface area contributed by atoms with Crippen molar-refractivity contribution in [3.8, 4) is 5.69 Å². The number of halogens is 6. The molecule has 1 aliphatic rings. The molecular formula is C13H10BrF5N4. The number of benzene rings is 1. The summed E-state index contributed by atoms with van der Waals surface area (Å²) in [5, 5.41) is 10.2. The molecule has 1 aromatic carbocycles. The van der Waals surface area contributed by atoms with Gasteiger partial charge in [0.2, 0.25) is 0 Å². The number of aromatic nitrogens is 3. The fraction of sp³-hybridized carbons (Fsp3) is 0.385. The van der Waals surface area contributed by atoms with E-state index in [1.807, 2.05) is 0 Å². The second kappa shape index (κ2) is 4.65. The molecule has 1 N–H and O–H groups in total. The number of fused-ring (bicyclic) bond motifs is 3. The van der Waals surface area contributed by atoms with Crippen LogP contribution in [0, 0.1) is 18.6 Å². The predicted molar refractivity (Wildman–Crippen MR) is 75.4 cm³/mol. The van der Waals surface area contributed by atoms with Crippen molar-refractivity contribution in [1.29, 1.82) is 0 Å². The van der Waals surface area contributed by atoms with Crippen molar-refractivity contribution in [1.82, 2.24) is 14.8 Å². The number of aryl methyl sites for hydroxylation is 1. The first kappa shape index (κ1) is 16.2. The van der Waals surface area contributed by atoms with Crippen molar-refractivity contribution in [3.63, 3.8) is 0 Å². The molecular weight excluding hydrogens is 387 g/mol. The van der Waals surface area contributed by atoms with Crippen LogP contribution in [-0.2, 0) is 11.7 Å². The molecule has 2 heterocycles. The van der Waals surface area contributed by atoms with Crippen molar-refractivity contribution in [2.24, 2.45) is 0 Å². The second-order valence-corrected chi connectivity index (χ2v) is 6.49. The van der Waals surface area contributed by atoms with Crippen LogP contribution in [0.2, 0.25) is 0 Å². The first-order valence-electron chi connectivity index (χ1n) is 6.45. The summed E-state index contributed by atoms with van der Waals surface area (Å²) < 4.78 is 68.8. The molecule has 0 spiro atoms. The van der Waals surface area contributed by atoms with Crippen LogP contribution in [-0.4, -0.2) is 14.8 Å². The highest BCUT2D eigenvalue weighted by Gasteiger charge is 2.46. The molecule has 1 aromatic heterocycles. The molecule has 0 unspecified atom stereocenters. The van der Waals surface area contributed by atoms with Gasteiger partial charge < -0.3 is 5.32 Å². The van der Waals surface area contributed by atoms with E-state index in [1.54, 1.807) is 13.8 Å². The van der Waals surface area contributed by atoms with E-state index in [1.165, 1.54) is 6.92 Å². The molecule has 0 saturated carbocycles. The number of rotatable bonds is 0. The van der Waals surface area contributed by atoms with Gasteiger partial charge in [-0.25, -0.2) is 8.78 Å². The van der Waals surface area contributed by atoms with E-state index in [4.69, 9.17) is 0 Å². The maximum absolute atomic E-state index is 14.3. The summed E-state index contributed by atoms with van der Waals surface area (Å²) in [5.74, 6) is -2.69. The summed E-state index contributed by atoms with van der Waals surface area (Å²) in [7, 11) is 0. The zero-order valence-electron chi connectivity index (χ0n) is 12.1. The molecule has 1 aliphatic heterocycles. The Morgan fingerprint density at radius 1 is 1.13 bits per heavy atom. The summed E-state index contributed by atoms with van der Waals surface area (Å²) in [4.78, 5) is 0. The Labute approximate surface area is 135 Å². The summed E-state index contributed by atoms with van der Waals surface area (Å²) in [5.41, 5.74) is -3.48. The van der Waals surface area contributed by atoms with Crippen LogP contribution < -0.4 is 5.32 Å². The lowest BCUT2D eigenvalue weighted by Crippen LogP contribution is -2.38. The van der Waals surface area contributed by atoms with Gasteiger partial charge in [0.05, 0.1) is 26.9 Å². The molecule has 0 saturated heterocycles. The van der Waals surface area contributed by atoms with Gasteiger partial charge in [-0.2, -0.15) is 13.2 Å². The van der Waals surface area contributed by atoms with Gasteiger partial charge >= 0.3 is 6.18 Å². The monoisotopic (exact) mass is 396 g/mol. The van der Waals surface area contributed by atoms with Gasteiger partial charge in [-0.15, -0.1) is 10.2 Å². The predicted octanol–water partition coefficient (Wildman–Crippen LogP) is 4.30. The van der Waals surface area contributed by atoms with E-state index in [0.717, 1.165) is 4.57 Å². The number of nitrogens with zero attached hydrogens (tertiary/aromatic N) is 3. The van der Waals surface area contributed by atoms with Gasteiger partial charge in [-0.3, -0.25) is 4.57 Å². The molecule has 3 rings (SSSR count). The normalized spacial score (nSPS) is 15.9. The number of alkyl halides is 3. The standard InChI is InChI=1S/C13H10BrF5N4/c1-4-21-22-11-12(2,3)20-9-8(16)7(15)6(14)5(13(17,18)19)10(9)23(4)11/h20H,1-3H3. The van der Waals surface area contributed by atoms with Crippen LogP contribution in [0.5, 0.6) is 0 Å². The molecule has 4 nitrogen and oxygen atoms in total.